The highest BCUT2D eigenvalue weighted by molar-refractivity contribution is 5.84. The number of nitrogens with two attached hydrogens (primary N) is 1. The number of hydrogen-bond acceptors (Lipinski definition) is 4. The summed E-state index contributed by atoms with van der Waals surface area (Å²) >= 11 is 0. The van der Waals surface area contributed by atoms with E-state index in [1.807, 2.05) is 26.8 Å². The van der Waals surface area contributed by atoms with Crippen molar-refractivity contribution in [1.82, 2.24) is 14.1 Å². The minimum absolute atomic E-state index is 0.116. The van der Waals surface area contributed by atoms with Gasteiger partial charge in [-0.05, 0) is 41.3 Å². The van der Waals surface area contributed by atoms with Gasteiger partial charge in [0.15, 0.2) is 5.82 Å². The van der Waals surface area contributed by atoms with Gasteiger partial charge in [-0.25, -0.2) is 14.2 Å². The van der Waals surface area contributed by atoms with Crippen molar-refractivity contribution in [2.24, 2.45) is 12.5 Å². The Morgan fingerprint density at radius 2 is 1.84 bits per heavy atom. The maximum atomic E-state index is 15.6. The molecule has 0 saturated heterocycles. The normalized spacial score (nSPS) is 11.8. The average Bonchev–Trinajstić information content (AvgIpc) is 2.93. The second-order valence-electron chi connectivity index (χ2n) is 8.83. The number of rotatable bonds is 4. The summed E-state index contributed by atoms with van der Waals surface area (Å²) in [5.74, 6) is 1.00. The number of nitrogen functional groups attached to an aromatic ring is 1. The smallest absolute Gasteiger partial charge is 0.328 e. The number of benzene rings is 2. The van der Waals surface area contributed by atoms with Crippen molar-refractivity contribution >= 4 is 16.9 Å². The number of nitrogens with zero attached hydrogens (tertiary/aromatic N) is 3. The van der Waals surface area contributed by atoms with E-state index in [4.69, 9.17) is 10.5 Å². The SMILES string of the molecule is Cn1c(=O)n(CC(C)(C)C)c2ccc(-c3cccc(Oc4ccnc(N)c4)c3)c(F)c21. The number of ether oxygens (including phenoxy) is 1. The van der Waals surface area contributed by atoms with Gasteiger partial charge in [-0.15, -0.1) is 0 Å². The maximum absolute atomic E-state index is 15.6. The summed E-state index contributed by atoms with van der Waals surface area (Å²) in [5, 5.41) is 0. The van der Waals surface area contributed by atoms with E-state index in [0.717, 1.165) is 0 Å². The molecule has 2 aromatic carbocycles. The Kier molecular flexibility index (Phi) is 5.05. The monoisotopic (exact) mass is 420 g/mol. The van der Waals surface area contributed by atoms with Gasteiger partial charge >= 0.3 is 5.69 Å². The predicted octanol–water partition coefficient (Wildman–Crippen LogP) is 4.96. The summed E-state index contributed by atoms with van der Waals surface area (Å²) in [6.07, 6.45) is 1.56. The number of hydrogen-bond donors (Lipinski definition) is 1. The van der Waals surface area contributed by atoms with Crippen LogP contribution in [0.25, 0.3) is 22.2 Å². The molecule has 4 aromatic rings. The third-order valence-electron chi connectivity index (χ3n) is 5.00. The Labute approximate surface area is 179 Å². The molecule has 0 unspecified atom stereocenters. The lowest BCUT2D eigenvalue weighted by Crippen LogP contribution is -2.27. The van der Waals surface area contributed by atoms with Gasteiger partial charge in [0.05, 0.1) is 5.52 Å². The standard InChI is InChI=1S/C24H25FN4O2/c1-24(2,3)14-29-19-9-8-18(21(25)22(19)28(4)23(29)30)15-6-5-7-16(12-15)31-17-10-11-27-20(26)13-17/h5-13H,14H2,1-4H3,(H2,26,27). The highest BCUT2D eigenvalue weighted by Gasteiger charge is 2.21. The number of aromatic nitrogens is 3. The fourth-order valence-electron chi connectivity index (χ4n) is 3.68. The van der Waals surface area contributed by atoms with Crippen molar-refractivity contribution in [2.45, 2.75) is 27.3 Å². The molecule has 160 valence electrons. The average molecular weight is 420 g/mol. The molecule has 0 aliphatic rings. The zero-order valence-corrected chi connectivity index (χ0v) is 18.0. The van der Waals surface area contributed by atoms with Crippen LogP contribution in [0, 0.1) is 11.2 Å². The molecule has 0 aliphatic heterocycles. The molecule has 0 radical (unpaired) electrons. The number of halogens is 1. The van der Waals surface area contributed by atoms with Crippen LogP contribution in [-0.2, 0) is 13.6 Å². The van der Waals surface area contributed by atoms with Crippen LogP contribution in [0.3, 0.4) is 0 Å². The van der Waals surface area contributed by atoms with E-state index < -0.39 is 5.82 Å². The first-order valence-corrected chi connectivity index (χ1v) is 10.0. The second-order valence-corrected chi connectivity index (χ2v) is 8.83. The van der Waals surface area contributed by atoms with Gasteiger partial charge in [0.2, 0.25) is 0 Å². The fraction of sp³-hybridized carbons (Fsp3) is 0.250. The Morgan fingerprint density at radius 3 is 2.55 bits per heavy atom. The molecular formula is C24H25FN4O2. The van der Waals surface area contributed by atoms with E-state index in [1.54, 1.807) is 60.3 Å². The van der Waals surface area contributed by atoms with Crippen molar-refractivity contribution in [2.75, 3.05) is 5.73 Å². The van der Waals surface area contributed by atoms with Gasteiger partial charge in [-0.1, -0.05) is 32.9 Å². The molecule has 0 atom stereocenters. The first-order chi connectivity index (χ1) is 14.6. The van der Waals surface area contributed by atoms with Gasteiger partial charge in [-0.2, -0.15) is 0 Å². The molecular weight excluding hydrogens is 395 g/mol. The molecule has 6 nitrogen and oxygen atoms in total. The number of anilines is 1. The molecule has 4 rings (SSSR count). The van der Waals surface area contributed by atoms with E-state index >= 15 is 4.39 Å². The van der Waals surface area contributed by atoms with Gasteiger partial charge in [0, 0.05) is 31.4 Å². The Balaban J connectivity index is 1.78. The van der Waals surface area contributed by atoms with Crippen LogP contribution in [0.2, 0.25) is 0 Å². The largest absolute Gasteiger partial charge is 0.457 e. The molecule has 2 heterocycles. The van der Waals surface area contributed by atoms with E-state index in [2.05, 4.69) is 4.98 Å². The summed E-state index contributed by atoms with van der Waals surface area (Å²) < 4.78 is 24.5. The van der Waals surface area contributed by atoms with Crippen LogP contribution in [-0.4, -0.2) is 14.1 Å². The lowest BCUT2D eigenvalue weighted by molar-refractivity contribution is 0.342. The van der Waals surface area contributed by atoms with Crippen LogP contribution in [0.4, 0.5) is 10.2 Å². The van der Waals surface area contributed by atoms with E-state index in [-0.39, 0.29) is 11.1 Å². The molecule has 0 spiro atoms. The lowest BCUT2D eigenvalue weighted by atomic mass is 9.97. The van der Waals surface area contributed by atoms with Crippen LogP contribution in [0.15, 0.2) is 59.5 Å². The summed E-state index contributed by atoms with van der Waals surface area (Å²) in [4.78, 5) is 16.7. The van der Waals surface area contributed by atoms with E-state index in [9.17, 15) is 4.79 Å². The first kappa shape index (κ1) is 20.7. The van der Waals surface area contributed by atoms with Crippen molar-refractivity contribution in [1.29, 1.82) is 0 Å². The molecule has 31 heavy (non-hydrogen) atoms. The number of imidazole rings is 1. The molecule has 2 aromatic heterocycles. The van der Waals surface area contributed by atoms with Crippen LogP contribution < -0.4 is 16.2 Å². The van der Waals surface area contributed by atoms with Gasteiger partial charge in [0.1, 0.15) is 22.8 Å². The van der Waals surface area contributed by atoms with Crippen molar-refractivity contribution in [3.63, 3.8) is 0 Å². The Hall–Kier alpha value is -3.61. The van der Waals surface area contributed by atoms with Gasteiger partial charge in [-0.3, -0.25) is 9.13 Å². The van der Waals surface area contributed by atoms with Gasteiger partial charge < -0.3 is 10.5 Å². The Bertz CT molecular complexity index is 1330. The first-order valence-electron chi connectivity index (χ1n) is 10.0. The van der Waals surface area contributed by atoms with Crippen molar-refractivity contribution < 1.29 is 9.13 Å². The fourth-order valence-corrected chi connectivity index (χ4v) is 3.68. The highest BCUT2D eigenvalue weighted by atomic mass is 19.1. The zero-order chi connectivity index (χ0) is 22.3. The second kappa shape index (κ2) is 7.58. The molecule has 0 saturated carbocycles. The predicted molar refractivity (Wildman–Crippen MR) is 121 cm³/mol. The summed E-state index contributed by atoms with van der Waals surface area (Å²) in [6.45, 7) is 6.64. The number of fused-ring (bicyclic) bond motifs is 1. The van der Waals surface area contributed by atoms with Crippen molar-refractivity contribution in [3.05, 3.63) is 71.0 Å². The summed E-state index contributed by atoms with van der Waals surface area (Å²) in [5.41, 5.74) is 7.28. The maximum Gasteiger partial charge on any atom is 0.328 e. The van der Waals surface area contributed by atoms with Crippen LogP contribution in [0.1, 0.15) is 20.8 Å². The molecule has 0 amide bonds. The zero-order valence-electron chi connectivity index (χ0n) is 18.0. The molecule has 0 fully saturated rings. The van der Waals surface area contributed by atoms with E-state index in [1.165, 1.54) is 4.57 Å². The van der Waals surface area contributed by atoms with Crippen LogP contribution in [0.5, 0.6) is 11.5 Å². The minimum atomic E-state index is -0.435. The van der Waals surface area contributed by atoms with Crippen LogP contribution >= 0.6 is 0 Å². The minimum Gasteiger partial charge on any atom is -0.457 e. The lowest BCUT2D eigenvalue weighted by Gasteiger charge is -2.18. The topological polar surface area (TPSA) is 75.1 Å². The molecule has 0 bridgehead atoms. The quantitative estimate of drug-likeness (QED) is 0.506. The third kappa shape index (κ3) is 4.03. The number of pyridine rings is 1. The van der Waals surface area contributed by atoms with Gasteiger partial charge in [0.25, 0.3) is 0 Å². The summed E-state index contributed by atoms with van der Waals surface area (Å²) in [6, 6.07) is 14.0. The molecule has 0 aliphatic carbocycles. The highest BCUT2D eigenvalue weighted by Crippen LogP contribution is 2.32. The Morgan fingerprint density at radius 1 is 1.10 bits per heavy atom. The third-order valence-corrected chi connectivity index (χ3v) is 5.00. The van der Waals surface area contributed by atoms with E-state index in [0.29, 0.717) is 46.0 Å². The molecule has 7 heteroatoms. The summed E-state index contributed by atoms with van der Waals surface area (Å²) in [7, 11) is 1.60. The van der Waals surface area contributed by atoms with Crippen molar-refractivity contribution in [3.8, 4) is 22.6 Å². The molecule has 2 N–H and O–H groups in total. The number of aryl methyl sites for hydroxylation is 1.